The summed E-state index contributed by atoms with van der Waals surface area (Å²) < 4.78 is 0. The number of benzene rings is 2. The van der Waals surface area contributed by atoms with Crippen LogP contribution in [0.2, 0.25) is 0 Å². The molecule has 0 spiro atoms. The van der Waals surface area contributed by atoms with Gasteiger partial charge in [0, 0.05) is 6.04 Å². The largest absolute Gasteiger partial charge is 0.316 e. The third-order valence-corrected chi connectivity index (χ3v) is 4.69. The zero-order chi connectivity index (χ0) is 13.2. The lowest BCUT2D eigenvalue weighted by molar-refractivity contribution is 0.358. The van der Waals surface area contributed by atoms with Crippen molar-refractivity contribution in [2.45, 2.75) is 32.2 Å². The van der Waals surface area contributed by atoms with Crippen molar-refractivity contribution in [2.24, 2.45) is 11.8 Å². The molecule has 0 heterocycles. The SMILES string of the molecule is CNC(Cc1cccc2ccccc12)C(C)C1CC1. The highest BCUT2D eigenvalue weighted by atomic mass is 14.9. The Bertz CT molecular complexity index is 551. The van der Waals surface area contributed by atoms with Crippen LogP contribution in [0.4, 0.5) is 0 Å². The first kappa shape index (κ1) is 12.7. The van der Waals surface area contributed by atoms with Crippen molar-refractivity contribution in [3.63, 3.8) is 0 Å². The fourth-order valence-electron chi connectivity index (χ4n) is 3.21. The lowest BCUT2D eigenvalue weighted by Gasteiger charge is -2.24. The molecule has 3 rings (SSSR count). The molecule has 1 aliphatic carbocycles. The summed E-state index contributed by atoms with van der Waals surface area (Å²) in [6.07, 6.45) is 3.99. The first-order valence-electron chi connectivity index (χ1n) is 7.43. The maximum absolute atomic E-state index is 3.54. The maximum atomic E-state index is 3.54. The van der Waals surface area contributed by atoms with E-state index in [1.54, 1.807) is 0 Å². The fraction of sp³-hybridized carbons (Fsp3) is 0.444. The van der Waals surface area contributed by atoms with Crippen molar-refractivity contribution in [3.8, 4) is 0 Å². The van der Waals surface area contributed by atoms with Crippen LogP contribution in [0.25, 0.3) is 10.8 Å². The third kappa shape index (κ3) is 2.66. The van der Waals surface area contributed by atoms with Gasteiger partial charge in [-0.2, -0.15) is 0 Å². The Balaban J connectivity index is 1.87. The van der Waals surface area contributed by atoms with Crippen molar-refractivity contribution < 1.29 is 0 Å². The highest BCUT2D eigenvalue weighted by molar-refractivity contribution is 5.85. The average Bonchev–Trinajstić information content (AvgIpc) is 3.28. The maximum Gasteiger partial charge on any atom is 0.0133 e. The average molecular weight is 253 g/mol. The number of fused-ring (bicyclic) bond motifs is 1. The summed E-state index contributed by atoms with van der Waals surface area (Å²) in [5.41, 5.74) is 1.48. The van der Waals surface area contributed by atoms with E-state index in [0.717, 1.165) is 18.3 Å². The van der Waals surface area contributed by atoms with Crippen molar-refractivity contribution in [1.82, 2.24) is 5.32 Å². The zero-order valence-corrected chi connectivity index (χ0v) is 11.9. The molecule has 19 heavy (non-hydrogen) atoms. The molecule has 1 fully saturated rings. The van der Waals surface area contributed by atoms with Gasteiger partial charge in [0.25, 0.3) is 0 Å². The van der Waals surface area contributed by atoms with Crippen molar-refractivity contribution in [2.75, 3.05) is 7.05 Å². The first-order chi connectivity index (χ1) is 9.29. The van der Waals surface area contributed by atoms with E-state index in [-0.39, 0.29) is 0 Å². The van der Waals surface area contributed by atoms with Gasteiger partial charge in [-0.25, -0.2) is 0 Å². The van der Waals surface area contributed by atoms with Crippen molar-refractivity contribution in [3.05, 3.63) is 48.0 Å². The molecule has 0 saturated heterocycles. The fourth-order valence-corrected chi connectivity index (χ4v) is 3.21. The van der Waals surface area contributed by atoms with Crippen LogP contribution in [0, 0.1) is 11.8 Å². The van der Waals surface area contributed by atoms with Crippen LogP contribution >= 0.6 is 0 Å². The predicted molar refractivity (Wildman–Crippen MR) is 82.4 cm³/mol. The minimum atomic E-state index is 0.596. The van der Waals surface area contributed by atoms with Gasteiger partial charge in [0.1, 0.15) is 0 Å². The Morgan fingerprint density at radius 1 is 1.11 bits per heavy atom. The monoisotopic (exact) mass is 253 g/mol. The molecule has 0 aliphatic heterocycles. The van der Waals surface area contributed by atoms with Gasteiger partial charge in [-0.3, -0.25) is 0 Å². The molecular formula is C18H23N. The summed E-state index contributed by atoms with van der Waals surface area (Å²) in [6.45, 7) is 2.41. The van der Waals surface area contributed by atoms with E-state index < -0.39 is 0 Å². The minimum absolute atomic E-state index is 0.596. The highest BCUT2D eigenvalue weighted by Gasteiger charge is 2.32. The number of hydrogen-bond donors (Lipinski definition) is 1. The lowest BCUT2D eigenvalue weighted by atomic mass is 9.89. The second-order valence-corrected chi connectivity index (χ2v) is 5.93. The number of likely N-dealkylation sites (N-methyl/N-ethyl adjacent to an activating group) is 1. The number of rotatable bonds is 5. The normalized spacial score (nSPS) is 18.4. The van der Waals surface area contributed by atoms with Gasteiger partial charge >= 0.3 is 0 Å². The van der Waals surface area contributed by atoms with E-state index in [2.05, 4.69) is 61.8 Å². The Hall–Kier alpha value is -1.34. The van der Waals surface area contributed by atoms with Gasteiger partial charge in [-0.1, -0.05) is 49.4 Å². The molecule has 2 aromatic rings. The Morgan fingerprint density at radius 2 is 1.84 bits per heavy atom. The predicted octanol–water partition coefficient (Wildman–Crippen LogP) is 4.02. The molecule has 100 valence electrons. The number of hydrogen-bond acceptors (Lipinski definition) is 1. The van der Waals surface area contributed by atoms with Crippen LogP contribution in [-0.2, 0) is 6.42 Å². The molecular weight excluding hydrogens is 230 g/mol. The molecule has 0 amide bonds. The molecule has 1 N–H and O–H groups in total. The second kappa shape index (κ2) is 5.34. The molecule has 0 bridgehead atoms. The van der Waals surface area contributed by atoms with E-state index in [4.69, 9.17) is 0 Å². The summed E-state index contributed by atoms with van der Waals surface area (Å²) in [5.74, 6) is 1.73. The van der Waals surface area contributed by atoms with E-state index in [0.29, 0.717) is 6.04 Å². The van der Waals surface area contributed by atoms with Gasteiger partial charge in [0.2, 0.25) is 0 Å². The summed E-state index contributed by atoms with van der Waals surface area (Å²) in [6, 6.07) is 16.0. The van der Waals surface area contributed by atoms with E-state index in [9.17, 15) is 0 Å². The van der Waals surface area contributed by atoms with Gasteiger partial charge < -0.3 is 5.32 Å². The van der Waals surface area contributed by atoms with Gasteiger partial charge in [0.15, 0.2) is 0 Å². The standard InChI is InChI=1S/C18H23N/c1-13(14-10-11-14)18(19-2)12-16-8-5-7-15-6-3-4-9-17(15)16/h3-9,13-14,18-19H,10-12H2,1-2H3. The van der Waals surface area contributed by atoms with Gasteiger partial charge in [0.05, 0.1) is 0 Å². The van der Waals surface area contributed by atoms with E-state index in [1.165, 1.54) is 29.2 Å². The Kier molecular flexibility index (Phi) is 3.56. The molecule has 1 aliphatic rings. The molecule has 1 nitrogen and oxygen atoms in total. The molecule has 2 atom stereocenters. The molecule has 2 aromatic carbocycles. The van der Waals surface area contributed by atoms with E-state index >= 15 is 0 Å². The minimum Gasteiger partial charge on any atom is -0.316 e. The molecule has 1 heteroatoms. The molecule has 1 saturated carbocycles. The molecule has 2 unspecified atom stereocenters. The Morgan fingerprint density at radius 3 is 2.58 bits per heavy atom. The Labute approximate surface area is 116 Å². The quantitative estimate of drug-likeness (QED) is 0.848. The lowest BCUT2D eigenvalue weighted by Crippen LogP contribution is -2.35. The van der Waals surface area contributed by atoms with Crippen LogP contribution in [0.15, 0.2) is 42.5 Å². The summed E-state index contributed by atoms with van der Waals surface area (Å²) in [4.78, 5) is 0. The van der Waals surface area contributed by atoms with Crippen LogP contribution in [-0.4, -0.2) is 13.1 Å². The van der Waals surface area contributed by atoms with Gasteiger partial charge in [-0.05, 0) is 54.5 Å². The summed E-state index contributed by atoms with van der Waals surface area (Å²) in [5, 5.41) is 6.30. The van der Waals surface area contributed by atoms with Crippen molar-refractivity contribution >= 4 is 10.8 Å². The summed E-state index contributed by atoms with van der Waals surface area (Å²) in [7, 11) is 2.11. The highest BCUT2D eigenvalue weighted by Crippen LogP contribution is 2.39. The smallest absolute Gasteiger partial charge is 0.0133 e. The molecule has 0 radical (unpaired) electrons. The van der Waals surface area contributed by atoms with Crippen LogP contribution in [0.5, 0.6) is 0 Å². The topological polar surface area (TPSA) is 12.0 Å². The second-order valence-electron chi connectivity index (χ2n) is 5.93. The van der Waals surface area contributed by atoms with Crippen LogP contribution < -0.4 is 5.32 Å². The summed E-state index contributed by atoms with van der Waals surface area (Å²) >= 11 is 0. The molecule has 0 aromatic heterocycles. The third-order valence-electron chi connectivity index (χ3n) is 4.69. The first-order valence-corrected chi connectivity index (χ1v) is 7.43. The van der Waals surface area contributed by atoms with Gasteiger partial charge in [-0.15, -0.1) is 0 Å². The van der Waals surface area contributed by atoms with Crippen molar-refractivity contribution in [1.29, 1.82) is 0 Å². The van der Waals surface area contributed by atoms with Crippen LogP contribution in [0.3, 0.4) is 0 Å². The van der Waals surface area contributed by atoms with E-state index in [1.807, 2.05) is 0 Å². The van der Waals surface area contributed by atoms with Crippen LogP contribution in [0.1, 0.15) is 25.3 Å². The number of nitrogens with one attached hydrogen (secondary N) is 1. The zero-order valence-electron chi connectivity index (χ0n) is 11.9.